The van der Waals surface area contributed by atoms with Crippen LogP contribution in [0.15, 0.2) is 24.3 Å². The fourth-order valence-electron chi connectivity index (χ4n) is 3.47. The molecule has 6 nitrogen and oxygen atoms in total. The van der Waals surface area contributed by atoms with Crippen molar-refractivity contribution in [1.29, 1.82) is 0 Å². The minimum Gasteiger partial charge on any atom is -0.381 e. The zero-order valence-electron chi connectivity index (χ0n) is 14.2. The van der Waals surface area contributed by atoms with E-state index in [9.17, 15) is 9.59 Å². The van der Waals surface area contributed by atoms with Crippen LogP contribution in [-0.2, 0) is 19.1 Å². The average molecular weight is 367 g/mol. The third-order valence-electron chi connectivity index (χ3n) is 4.87. The summed E-state index contributed by atoms with van der Waals surface area (Å²) in [5, 5.41) is 6.38. The molecule has 0 aromatic heterocycles. The van der Waals surface area contributed by atoms with E-state index >= 15 is 0 Å². The van der Waals surface area contributed by atoms with E-state index < -0.39 is 12.1 Å². The molecule has 0 unspecified atom stereocenters. The molecule has 1 aromatic carbocycles. The summed E-state index contributed by atoms with van der Waals surface area (Å²) in [6.45, 7) is -0.130. The molecule has 1 aliphatic carbocycles. The highest BCUT2D eigenvalue weighted by molar-refractivity contribution is 6.31. The summed E-state index contributed by atoms with van der Waals surface area (Å²) >= 11 is 6.25. The van der Waals surface area contributed by atoms with Crippen LogP contribution in [-0.4, -0.2) is 43.8 Å². The van der Waals surface area contributed by atoms with Crippen molar-refractivity contribution in [3.05, 3.63) is 34.9 Å². The molecule has 0 bridgehead atoms. The Kier molecular flexibility index (Phi) is 5.93. The minimum atomic E-state index is -0.794. The standard InChI is InChI=1S/C18H23ClN2O4/c1-24-12-8-6-11(7-9-12)20-18(23)17-16(21-15(22)10-25-17)13-4-2-3-5-14(13)19/h2-5,11-12,16-17H,6-10H2,1H3,(H,20,23)(H,21,22)/t11?,12?,16-,17+/m1/s1. The van der Waals surface area contributed by atoms with Gasteiger partial charge in [0, 0.05) is 18.2 Å². The lowest BCUT2D eigenvalue weighted by Gasteiger charge is -2.34. The number of carbonyl (C=O) groups excluding carboxylic acids is 2. The molecule has 136 valence electrons. The highest BCUT2D eigenvalue weighted by atomic mass is 35.5. The van der Waals surface area contributed by atoms with Gasteiger partial charge in [0.25, 0.3) is 5.91 Å². The van der Waals surface area contributed by atoms with E-state index in [1.165, 1.54) is 0 Å². The van der Waals surface area contributed by atoms with Crippen LogP contribution >= 0.6 is 11.6 Å². The maximum Gasteiger partial charge on any atom is 0.251 e. The Bertz CT molecular complexity index is 631. The van der Waals surface area contributed by atoms with Gasteiger partial charge in [0.1, 0.15) is 6.61 Å². The van der Waals surface area contributed by atoms with Crippen molar-refractivity contribution in [2.24, 2.45) is 0 Å². The third kappa shape index (κ3) is 4.32. The predicted octanol–water partition coefficient (Wildman–Crippen LogP) is 1.97. The maximum absolute atomic E-state index is 12.8. The molecule has 3 rings (SSSR count). The van der Waals surface area contributed by atoms with E-state index in [2.05, 4.69) is 10.6 Å². The molecular weight excluding hydrogens is 344 g/mol. The highest BCUT2D eigenvalue weighted by Gasteiger charge is 2.38. The lowest BCUT2D eigenvalue weighted by molar-refractivity contribution is -0.148. The van der Waals surface area contributed by atoms with Gasteiger partial charge in [-0.2, -0.15) is 0 Å². The van der Waals surface area contributed by atoms with Crippen LogP contribution in [0, 0.1) is 0 Å². The summed E-state index contributed by atoms with van der Waals surface area (Å²) < 4.78 is 10.9. The van der Waals surface area contributed by atoms with Gasteiger partial charge in [0.2, 0.25) is 5.91 Å². The number of hydrogen-bond acceptors (Lipinski definition) is 4. The number of hydrogen-bond donors (Lipinski definition) is 2. The molecule has 25 heavy (non-hydrogen) atoms. The van der Waals surface area contributed by atoms with Gasteiger partial charge >= 0.3 is 0 Å². The Morgan fingerprint density at radius 2 is 2.00 bits per heavy atom. The number of benzene rings is 1. The quantitative estimate of drug-likeness (QED) is 0.854. The van der Waals surface area contributed by atoms with Crippen LogP contribution in [0.3, 0.4) is 0 Å². The van der Waals surface area contributed by atoms with Gasteiger partial charge in [-0.05, 0) is 37.3 Å². The van der Waals surface area contributed by atoms with Gasteiger partial charge in [-0.15, -0.1) is 0 Å². The number of rotatable bonds is 4. The Morgan fingerprint density at radius 1 is 1.28 bits per heavy atom. The Labute approximate surface area is 152 Å². The zero-order chi connectivity index (χ0) is 17.8. The average Bonchev–Trinajstić information content (AvgIpc) is 2.62. The number of carbonyl (C=O) groups is 2. The van der Waals surface area contributed by atoms with Gasteiger partial charge in [-0.25, -0.2) is 0 Å². The molecule has 1 aliphatic heterocycles. The first-order valence-electron chi connectivity index (χ1n) is 8.57. The lowest BCUT2D eigenvalue weighted by atomic mass is 9.92. The Balaban J connectivity index is 1.69. The molecule has 1 aromatic rings. The predicted molar refractivity (Wildman–Crippen MR) is 93.3 cm³/mol. The van der Waals surface area contributed by atoms with Crippen molar-refractivity contribution in [2.75, 3.05) is 13.7 Å². The molecule has 1 heterocycles. The molecular formula is C18H23ClN2O4. The summed E-state index contributed by atoms with van der Waals surface area (Å²) in [6.07, 6.45) is 3.09. The van der Waals surface area contributed by atoms with Gasteiger partial charge in [-0.1, -0.05) is 29.8 Å². The number of ether oxygens (including phenoxy) is 2. The summed E-state index contributed by atoms with van der Waals surface area (Å²) in [6, 6.07) is 6.67. The van der Waals surface area contributed by atoms with Gasteiger partial charge in [0.15, 0.2) is 6.10 Å². The van der Waals surface area contributed by atoms with Crippen molar-refractivity contribution < 1.29 is 19.1 Å². The van der Waals surface area contributed by atoms with E-state index in [1.54, 1.807) is 25.3 Å². The van der Waals surface area contributed by atoms with Gasteiger partial charge in [0.05, 0.1) is 12.1 Å². The van der Waals surface area contributed by atoms with Crippen molar-refractivity contribution in [3.63, 3.8) is 0 Å². The molecule has 2 atom stereocenters. The number of methoxy groups -OCH3 is 1. The molecule has 0 radical (unpaired) electrons. The summed E-state index contributed by atoms with van der Waals surface area (Å²) in [7, 11) is 1.72. The second-order valence-corrected chi connectivity index (χ2v) is 6.92. The van der Waals surface area contributed by atoms with E-state index in [4.69, 9.17) is 21.1 Å². The molecule has 2 aliphatic rings. The smallest absolute Gasteiger partial charge is 0.251 e. The van der Waals surface area contributed by atoms with Crippen LogP contribution in [0.1, 0.15) is 37.3 Å². The fourth-order valence-corrected chi connectivity index (χ4v) is 3.73. The fraction of sp³-hybridized carbons (Fsp3) is 0.556. The molecule has 0 spiro atoms. The first kappa shape index (κ1) is 18.2. The third-order valence-corrected chi connectivity index (χ3v) is 5.21. The van der Waals surface area contributed by atoms with Crippen molar-refractivity contribution in [1.82, 2.24) is 10.6 Å². The van der Waals surface area contributed by atoms with E-state index in [0.29, 0.717) is 10.6 Å². The van der Waals surface area contributed by atoms with Crippen LogP contribution in [0.25, 0.3) is 0 Å². The van der Waals surface area contributed by atoms with Crippen LogP contribution in [0.5, 0.6) is 0 Å². The molecule has 1 saturated heterocycles. The number of amides is 2. The van der Waals surface area contributed by atoms with Crippen LogP contribution < -0.4 is 10.6 Å². The Hall–Kier alpha value is -1.63. The van der Waals surface area contributed by atoms with Gasteiger partial charge in [-0.3, -0.25) is 9.59 Å². The van der Waals surface area contributed by atoms with E-state index in [-0.39, 0.29) is 30.6 Å². The second-order valence-electron chi connectivity index (χ2n) is 6.52. The van der Waals surface area contributed by atoms with E-state index in [0.717, 1.165) is 25.7 Å². The van der Waals surface area contributed by atoms with Crippen LogP contribution in [0.2, 0.25) is 5.02 Å². The van der Waals surface area contributed by atoms with Crippen molar-refractivity contribution >= 4 is 23.4 Å². The number of nitrogens with one attached hydrogen (secondary N) is 2. The summed E-state index contributed by atoms with van der Waals surface area (Å²) in [5.74, 6) is -0.472. The maximum atomic E-state index is 12.8. The van der Waals surface area contributed by atoms with Crippen LogP contribution in [0.4, 0.5) is 0 Å². The zero-order valence-corrected chi connectivity index (χ0v) is 14.9. The molecule has 7 heteroatoms. The topological polar surface area (TPSA) is 76.7 Å². The largest absolute Gasteiger partial charge is 0.381 e. The van der Waals surface area contributed by atoms with Crippen molar-refractivity contribution in [2.45, 2.75) is 50.0 Å². The number of halogens is 1. The first-order valence-corrected chi connectivity index (χ1v) is 8.95. The second kappa shape index (κ2) is 8.17. The first-order chi connectivity index (χ1) is 12.1. The summed E-state index contributed by atoms with van der Waals surface area (Å²) in [5.41, 5.74) is 0.681. The van der Waals surface area contributed by atoms with E-state index in [1.807, 2.05) is 6.07 Å². The highest BCUT2D eigenvalue weighted by Crippen LogP contribution is 2.29. The van der Waals surface area contributed by atoms with Crippen molar-refractivity contribution in [3.8, 4) is 0 Å². The normalized spacial score (nSPS) is 29.8. The minimum absolute atomic E-state index is 0.104. The number of morpholine rings is 1. The Morgan fingerprint density at radius 3 is 2.68 bits per heavy atom. The molecule has 1 saturated carbocycles. The van der Waals surface area contributed by atoms with Gasteiger partial charge < -0.3 is 20.1 Å². The molecule has 2 N–H and O–H groups in total. The SMILES string of the molecule is COC1CCC(NC(=O)[C@H]2OCC(=O)N[C@@H]2c2ccccc2Cl)CC1. The monoisotopic (exact) mass is 366 g/mol. The lowest BCUT2D eigenvalue weighted by Crippen LogP contribution is -2.54. The summed E-state index contributed by atoms with van der Waals surface area (Å²) in [4.78, 5) is 24.5. The molecule has 2 amide bonds. The molecule has 2 fully saturated rings.